The SMILES string of the molecule is COc1cc(S(=O)(=O)NCC2=CCCCC2)cc(C(=O)O)c1OC. The number of nitrogens with one attached hydrogen (secondary N) is 1. The third-order valence-electron chi connectivity index (χ3n) is 3.87. The smallest absolute Gasteiger partial charge is 0.339 e. The molecule has 2 rings (SSSR count). The molecule has 0 aliphatic heterocycles. The fourth-order valence-electron chi connectivity index (χ4n) is 2.59. The molecule has 0 spiro atoms. The fraction of sp³-hybridized carbons (Fsp3) is 0.438. The van der Waals surface area contributed by atoms with E-state index in [1.54, 1.807) is 0 Å². The third-order valence-corrected chi connectivity index (χ3v) is 5.25. The Balaban J connectivity index is 2.33. The van der Waals surface area contributed by atoms with Crippen LogP contribution < -0.4 is 14.2 Å². The molecule has 0 radical (unpaired) electrons. The summed E-state index contributed by atoms with van der Waals surface area (Å²) in [5.74, 6) is -1.26. The number of sulfonamides is 1. The summed E-state index contributed by atoms with van der Waals surface area (Å²) in [6.45, 7) is 0.221. The molecule has 0 saturated carbocycles. The van der Waals surface area contributed by atoms with E-state index in [9.17, 15) is 18.3 Å². The van der Waals surface area contributed by atoms with Crippen LogP contribution in [0.1, 0.15) is 36.0 Å². The molecule has 8 heteroatoms. The molecule has 1 aromatic rings. The lowest BCUT2D eigenvalue weighted by molar-refractivity contribution is 0.0692. The Kier molecular flexibility index (Phi) is 5.84. The van der Waals surface area contributed by atoms with Crippen molar-refractivity contribution >= 4 is 16.0 Å². The number of ether oxygens (including phenoxy) is 2. The maximum atomic E-state index is 12.5. The minimum Gasteiger partial charge on any atom is -0.493 e. The number of rotatable bonds is 7. The van der Waals surface area contributed by atoms with Gasteiger partial charge in [-0.1, -0.05) is 11.6 Å². The lowest BCUT2D eigenvalue weighted by Gasteiger charge is -2.15. The van der Waals surface area contributed by atoms with Gasteiger partial charge >= 0.3 is 5.97 Å². The molecule has 0 fully saturated rings. The van der Waals surface area contributed by atoms with E-state index in [2.05, 4.69) is 4.72 Å². The van der Waals surface area contributed by atoms with Gasteiger partial charge in [0.1, 0.15) is 5.56 Å². The quantitative estimate of drug-likeness (QED) is 0.727. The van der Waals surface area contributed by atoms with Crippen molar-refractivity contribution in [3.8, 4) is 11.5 Å². The van der Waals surface area contributed by atoms with Crippen molar-refractivity contribution in [2.75, 3.05) is 20.8 Å². The molecule has 0 bridgehead atoms. The second kappa shape index (κ2) is 7.67. The Bertz CT molecular complexity index is 754. The molecule has 1 aliphatic carbocycles. The van der Waals surface area contributed by atoms with E-state index in [0.717, 1.165) is 37.3 Å². The summed E-state index contributed by atoms with van der Waals surface area (Å²) < 4.78 is 37.6. The van der Waals surface area contributed by atoms with Crippen LogP contribution >= 0.6 is 0 Å². The zero-order valence-electron chi connectivity index (χ0n) is 13.7. The molecular formula is C16H21NO6S. The van der Waals surface area contributed by atoms with Crippen molar-refractivity contribution in [2.24, 2.45) is 0 Å². The lowest BCUT2D eigenvalue weighted by atomic mass is 10.0. The number of carbonyl (C=O) groups is 1. The predicted octanol–water partition coefficient (Wildman–Crippen LogP) is 2.18. The minimum absolute atomic E-state index is 0.0149. The highest BCUT2D eigenvalue weighted by atomic mass is 32.2. The molecule has 0 amide bonds. The number of carboxylic acids is 1. The first-order chi connectivity index (χ1) is 11.4. The van der Waals surface area contributed by atoms with Gasteiger partial charge in [-0.2, -0.15) is 0 Å². The molecule has 7 nitrogen and oxygen atoms in total. The van der Waals surface area contributed by atoms with E-state index >= 15 is 0 Å². The summed E-state index contributed by atoms with van der Waals surface area (Å²) in [7, 11) is -1.25. The summed E-state index contributed by atoms with van der Waals surface area (Å²) in [5.41, 5.74) is 0.776. The van der Waals surface area contributed by atoms with Crippen LogP contribution in [0.3, 0.4) is 0 Å². The Hall–Kier alpha value is -2.06. The molecule has 24 heavy (non-hydrogen) atoms. The standard InChI is InChI=1S/C16H21NO6S/c1-22-14-9-12(8-13(16(18)19)15(14)23-2)24(20,21)17-10-11-6-4-3-5-7-11/h6,8-9,17H,3-5,7,10H2,1-2H3,(H,18,19). The van der Waals surface area contributed by atoms with Crippen LogP contribution in [-0.2, 0) is 10.0 Å². The van der Waals surface area contributed by atoms with Crippen molar-refractivity contribution in [1.82, 2.24) is 4.72 Å². The van der Waals surface area contributed by atoms with E-state index in [1.165, 1.54) is 20.3 Å². The largest absolute Gasteiger partial charge is 0.493 e. The van der Waals surface area contributed by atoms with Crippen LogP contribution in [0.25, 0.3) is 0 Å². The van der Waals surface area contributed by atoms with Crippen LogP contribution in [0, 0.1) is 0 Å². The van der Waals surface area contributed by atoms with Gasteiger partial charge < -0.3 is 14.6 Å². The maximum Gasteiger partial charge on any atom is 0.339 e. The van der Waals surface area contributed by atoms with Gasteiger partial charge in [0.2, 0.25) is 10.0 Å². The number of hydrogen-bond donors (Lipinski definition) is 2. The topological polar surface area (TPSA) is 102 Å². The van der Waals surface area contributed by atoms with Gasteiger partial charge in [0, 0.05) is 12.6 Å². The van der Waals surface area contributed by atoms with E-state index in [0.29, 0.717) is 0 Å². The van der Waals surface area contributed by atoms with Crippen LogP contribution in [0.4, 0.5) is 0 Å². The molecule has 2 N–H and O–H groups in total. The summed E-state index contributed by atoms with van der Waals surface area (Å²) in [5, 5.41) is 9.28. The van der Waals surface area contributed by atoms with Crippen molar-refractivity contribution in [1.29, 1.82) is 0 Å². The maximum absolute atomic E-state index is 12.5. The normalized spacial score (nSPS) is 14.8. The Morgan fingerprint density at radius 2 is 2.00 bits per heavy atom. The van der Waals surface area contributed by atoms with Crippen molar-refractivity contribution in [2.45, 2.75) is 30.6 Å². The summed E-state index contributed by atoms with van der Waals surface area (Å²) in [6.07, 6.45) is 6.04. The molecule has 0 saturated heterocycles. The lowest BCUT2D eigenvalue weighted by Crippen LogP contribution is -2.26. The Morgan fingerprint density at radius 1 is 1.25 bits per heavy atom. The Morgan fingerprint density at radius 3 is 2.54 bits per heavy atom. The van der Waals surface area contributed by atoms with E-state index in [-0.39, 0.29) is 28.5 Å². The van der Waals surface area contributed by atoms with Gasteiger partial charge in [0.05, 0.1) is 19.1 Å². The molecule has 132 valence electrons. The van der Waals surface area contributed by atoms with Gasteiger partial charge in [0.25, 0.3) is 0 Å². The zero-order valence-corrected chi connectivity index (χ0v) is 14.5. The monoisotopic (exact) mass is 355 g/mol. The number of methoxy groups -OCH3 is 2. The zero-order chi connectivity index (χ0) is 17.7. The summed E-state index contributed by atoms with van der Waals surface area (Å²) in [6, 6.07) is 2.32. The summed E-state index contributed by atoms with van der Waals surface area (Å²) >= 11 is 0. The molecule has 0 heterocycles. The van der Waals surface area contributed by atoms with E-state index in [1.807, 2.05) is 6.08 Å². The van der Waals surface area contributed by atoms with Crippen molar-refractivity contribution in [3.63, 3.8) is 0 Å². The summed E-state index contributed by atoms with van der Waals surface area (Å²) in [4.78, 5) is 11.2. The number of benzene rings is 1. The van der Waals surface area contributed by atoms with Gasteiger partial charge in [-0.15, -0.1) is 0 Å². The predicted molar refractivity (Wildman–Crippen MR) is 88.2 cm³/mol. The second-order valence-electron chi connectivity index (χ2n) is 5.44. The first-order valence-corrected chi connectivity index (χ1v) is 9.04. The van der Waals surface area contributed by atoms with Gasteiger partial charge in [-0.25, -0.2) is 17.9 Å². The number of hydrogen-bond acceptors (Lipinski definition) is 5. The third kappa shape index (κ3) is 4.07. The van der Waals surface area contributed by atoms with Crippen LogP contribution in [0.15, 0.2) is 28.7 Å². The fourth-order valence-corrected chi connectivity index (χ4v) is 3.67. The van der Waals surface area contributed by atoms with Gasteiger partial charge in [-0.05, 0) is 31.7 Å². The average Bonchev–Trinajstić information content (AvgIpc) is 2.59. The molecule has 1 aliphatic rings. The van der Waals surface area contributed by atoms with Crippen LogP contribution in [0.5, 0.6) is 11.5 Å². The highest BCUT2D eigenvalue weighted by Gasteiger charge is 2.24. The highest BCUT2D eigenvalue weighted by molar-refractivity contribution is 7.89. The first kappa shape index (κ1) is 18.3. The second-order valence-corrected chi connectivity index (χ2v) is 7.21. The molecule has 0 atom stereocenters. The molecule has 0 unspecified atom stereocenters. The highest BCUT2D eigenvalue weighted by Crippen LogP contribution is 2.34. The van der Waals surface area contributed by atoms with Crippen LogP contribution in [-0.4, -0.2) is 40.3 Å². The van der Waals surface area contributed by atoms with E-state index in [4.69, 9.17) is 9.47 Å². The van der Waals surface area contributed by atoms with Crippen molar-refractivity contribution in [3.05, 3.63) is 29.3 Å². The average molecular weight is 355 g/mol. The van der Waals surface area contributed by atoms with Crippen LogP contribution in [0.2, 0.25) is 0 Å². The van der Waals surface area contributed by atoms with Gasteiger partial charge in [-0.3, -0.25) is 0 Å². The van der Waals surface area contributed by atoms with Crippen molar-refractivity contribution < 1.29 is 27.8 Å². The van der Waals surface area contributed by atoms with Gasteiger partial charge in [0.15, 0.2) is 11.5 Å². The first-order valence-electron chi connectivity index (χ1n) is 7.56. The molecular weight excluding hydrogens is 334 g/mol. The number of allylic oxidation sites excluding steroid dienone is 1. The molecule has 0 aromatic heterocycles. The molecule has 1 aromatic carbocycles. The Labute approximate surface area is 141 Å². The van der Waals surface area contributed by atoms with E-state index < -0.39 is 16.0 Å². The number of aromatic carboxylic acids is 1. The number of carboxylic acid groups (broad SMARTS) is 1. The minimum atomic E-state index is -3.86.